The van der Waals surface area contributed by atoms with Gasteiger partial charge in [-0.2, -0.15) is 0 Å². The van der Waals surface area contributed by atoms with E-state index in [-0.39, 0.29) is 11.7 Å². The summed E-state index contributed by atoms with van der Waals surface area (Å²) in [5.74, 6) is 0.0823. The van der Waals surface area contributed by atoms with E-state index in [1.54, 1.807) is 48.5 Å². The molecular formula is C23H15Cl2NO3S. The van der Waals surface area contributed by atoms with Gasteiger partial charge in [0, 0.05) is 26.6 Å². The normalized spacial score (nSPS) is 10.9. The average molecular weight is 456 g/mol. The minimum absolute atomic E-state index is 0.163. The minimum Gasteiger partial charge on any atom is -0.422 e. The Morgan fingerprint density at radius 3 is 2.47 bits per heavy atom. The molecule has 1 aromatic heterocycles. The number of para-hydroxylation sites is 1. The Labute approximate surface area is 186 Å². The third-order valence-electron chi connectivity index (χ3n) is 4.37. The number of carbonyl (C=O) groups excluding carboxylic acids is 1. The van der Waals surface area contributed by atoms with Crippen LogP contribution in [0.5, 0.6) is 0 Å². The van der Waals surface area contributed by atoms with Gasteiger partial charge in [0.05, 0.1) is 16.3 Å². The fraction of sp³-hybridized carbons (Fsp3) is 0.0435. The molecule has 7 heteroatoms. The lowest BCUT2D eigenvalue weighted by atomic mass is 10.1. The number of anilines is 1. The highest BCUT2D eigenvalue weighted by atomic mass is 35.5. The van der Waals surface area contributed by atoms with Crippen molar-refractivity contribution in [2.75, 3.05) is 11.1 Å². The summed E-state index contributed by atoms with van der Waals surface area (Å²) in [6.45, 7) is 0. The van der Waals surface area contributed by atoms with E-state index in [2.05, 4.69) is 5.32 Å². The zero-order chi connectivity index (χ0) is 21.1. The molecule has 0 saturated carbocycles. The third kappa shape index (κ3) is 4.70. The van der Waals surface area contributed by atoms with Crippen molar-refractivity contribution < 1.29 is 9.21 Å². The van der Waals surface area contributed by atoms with E-state index >= 15 is 0 Å². The summed E-state index contributed by atoms with van der Waals surface area (Å²) in [4.78, 5) is 25.6. The summed E-state index contributed by atoms with van der Waals surface area (Å²) in [5.41, 5.74) is 1.52. The molecule has 1 amide bonds. The van der Waals surface area contributed by atoms with Crippen molar-refractivity contribution in [1.29, 1.82) is 0 Å². The van der Waals surface area contributed by atoms with Crippen molar-refractivity contribution in [3.05, 3.63) is 93.3 Å². The number of hydrogen-bond donors (Lipinski definition) is 1. The van der Waals surface area contributed by atoms with Crippen LogP contribution in [-0.2, 0) is 4.79 Å². The van der Waals surface area contributed by atoms with E-state index in [1.807, 2.05) is 24.3 Å². The number of nitrogens with one attached hydrogen (secondary N) is 1. The van der Waals surface area contributed by atoms with E-state index in [9.17, 15) is 9.59 Å². The van der Waals surface area contributed by atoms with Crippen LogP contribution in [0.3, 0.4) is 0 Å². The lowest BCUT2D eigenvalue weighted by Crippen LogP contribution is -2.14. The fourth-order valence-corrected chi connectivity index (χ4v) is 4.04. The smallest absolute Gasteiger partial charge is 0.344 e. The van der Waals surface area contributed by atoms with Crippen molar-refractivity contribution in [2.24, 2.45) is 0 Å². The average Bonchev–Trinajstić information content (AvgIpc) is 2.73. The molecule has 0 atom stereocenters. The van der Waals surface area contributed by atoms with Crippen LogP contribution in [0.15, 0.2) is 86.9 Å². The molecule has 1 N–H and O–H groups in total. The van der Waals surface area contributed by atoms with Crippen LogP contribution in [0.25, 0.3) is 22.1 Å². The summed E-state index contributed by atoms with van der Waals surface area (Å²) in [5, 5.41) is 4.62. The standard InChI is InChI=1S/C23H15Cl2NO3S/c24-15-5-8-17(9-6-15)30-13-22(27)26-16-7-10-18(20(25)12-16)19-11-14-3-1-2-4-21(14)29-23(19)28/h1-12H,13H2,(H,26,27). The number of benzene rings is 3. The third-order valence-corrected chi connectivity index (χ3v) is 5.94. The quantitative estimate of drug-likeness (QED) is 0.275. The van der Waals surface area contributed by atoms with Gasteiger partial charge in [0.1, 0.15) is 5.58 Å². The maximum Gasteiger partial charge on any atom is 0.344 e. The highest BCUT2D eigenvalue weighted by Crippen LogP contribution is 2.30. The van der Waals surface area contributed by atoms with Crippen molar-refractivity contribution in [3.63, 3.8) is 0 Å². The molecule has 0 unspecified atom stereocenters. The summed E-state index contributed by atoms with van der Waals surface area (Å²) in [7, 11) is 0. The van der Waals surface area contributed by atoms with Gasteiger partial charge in [-0.05, 0) is 48.5 Å². The van der Waals surface area contributed by atoms with Crippen LogP contribution < -0.4 is 10.9 Å². The molecule has 0 fully saturated rings. The van der Waals surface area contributed by atoms with E-state index in [0.29, 0.717) is 32.4 Å². The van der Waals surface area contributed by atoms with Gasteiger partial charge in [-0.15, -0.1) is 11.8 Å². The molecule has 0 bridgehead atoms. The summed E-state index contributed by atoms with van der Waals surface area (Å²) < 4.78 is 5.38. The van der Waals surface area contributed by atoms with E-state index in [0.717, 1.165) is 10.3 Å². The topological polar surface area (TPSA) is 59.3 Å². The molecule has 0 saturated heterocycles. The van der Waals surface area contributed by atoms with Gasteiger partial charge < -0.3 is 9.73 Å². The van der Waals surface area contributed by atoms with Gasteiger partial charge in [-0.3, -0.25) is 4.79 Å². The zero-order valence-corrected chi connectivity index (χ0v) is 17.9. The second-order valence-electron chi connectivity index (χ2n) is 6.47. The first-order valence-corrected chi connectivity index (χ1v) is 10.7. The van der Waals surface area contributed by atoms with Crippen molar-refractivity contribution in [2.45, 2.75) is 4.90 Å². The molecule has 0 aliphatic rings. The molecule has 0 radical (unpaired) electrons. The first-order valence-electron chi connectivity index (χ1n) is 9.00. The molecule has 3 aromatic carbocycles. The van der Waals surface area contributed by atoms with Crippen molar-refractivity contribution in [1.82, 2.24) is 0 Å². The predicted octanol–water partition coefficient (Wildman–Crippen LogP) is 6.50. The Bertz CT molecular complexity index is 1290. The van der Waals surface area contributed by atoms with Gasteiger partial charge >= 0.3 is 5.63 Å². The van der Waals surface area contributed by atoms with Gasteiger partial charge in [-0.25, -0.2) is 4.79 Å². The van der Waals surface area contributed by atoms with Crippen molar-refractivity contribution in [3.8, 4) is 11.1 Å². The van der Waals surface area contributed by atoms with Crippen LogP contribution >= 0.6 is 35.0 Å². The lowest BCUT2D eigenvalue weighted by Gasteiger charge is -2.09. The second-order valence-corrected chi connectivity index (χ2v) is 8.36. The van der Waals surface area contributed by atoms with Crippen LogP contribution in [0, 0.1) is 0 Å². The summed E-state index contributed by atoms with van der Waals surface area (Å²) in [6.07, 6.45) is 0. The van der Waals surface area contributed by atoms with Crippen LogP contribution in [0.4, 0.5) is 5.69 Å². The van der Waals surface area contributed by atoms with E-state index in [1.165, 1.54) is 11.8 Å². The number of halogens is 2. The number of thioether (sulfide) groups is 1. The molecule has 0 spiro atoms. The van der Waals surface area contributed by atoms with Crippen molar-refractivity contribution >= 4 is 57.5 Å². The Morgan fingerprint density at radius 2 is 1.70 bits per heavy atom. The molecule has 0 aliphatic heterocycles. The van der Waals surface area contributed by atoms with Gasteiger partial charge in [-0.1, -0.05) is 47.5 Å². The molecule has 1 heterocycles. The maximum absolute atomic E-state index is 12.4. The maximum atomic E-state index is 12.4. The Hall–Kier alpha value is -2.73. The largest absolute Gasteiger partial charge is 0.422 e. The highest BCUT2D eigenvalue weighted by Gasteiger charge is 2.13. The first kappa shape index (κ1) is 20.5. The SMILES string of the molecule is O=C(CSc1ccc(Cl)cc1)Nc1ccc(-c2cc3ccccc3oc2=O)c(Cl)c1. The predicted molar refractivity (Wildman–Crippen MR) is 124 cm³/mol. The lowest BCUT2D eigenvalue weighted by molar-refractivity contribution is -0.113. The van der Waals surface area contributed by atoms with Gasteiger partial charge in [0.2, 0.25) is 5.91 Å². The summed E-state index contributed by atoms with van der Waals surface area (Å²) >= 11 is 13.7. The monoisotopic (exact) mass is 455 g/mol. The molecule has 30 heavy (non-hydrogen) atoms. The number of amides is 1. The first-order chi connectivity index (χ1) is 14.5. The molecule has 150 valence electrons. The number of hydrogen-bond acceptors (Lipinski definition) is 4. The second kappa shape index (κ2) is 8.96. The Kier molecular flexibility index (Phi) is 6.13. The van der Waals surface area contributed by atoms with E-state index in [4.69, 9.17) is 27.6 Å². The summed E-state index contributed by atoms with van der Waals surface area (Å²) in [6, 6.07) is 21.3. The molecule has 0 aliphatic carbocycles. The fourth-order valence-electron chi connectivity index (χ4n) is 2.94. The number of fused-ring (bicyclic) bond motifs is 1. The zero-order valence-electron chi connectivity index (χ0n) is 15.5. The van der Waals surface area contributed by atoms with E-state index < -0.39 is 5.63 Å². The molecule has 4 nitrogen and oxygen atoms in total. The Balaban J connectivity index is 1.49. The molecule has 4 rings (SSSR count). The minimum atomic E-state index is -0.466. The molecular weight excluding hydrogens is 441 g/mol. The van der Waals surface area contributed by atoms with Crippen LogP contribution in [0.2, 0.25) is 10.0 Å². The van der Waals surface area contributed by atoms with Crippen LogP contribution in [0.1, 0.15) is 0 Å². The van der Waals surface area contributed by atoms with Gasteiger partial charge in [0.15, 0.2) is 0 Å². The number of carbonyl (C=O) groups is 1. The molecule has 4 aromatic rings. The van der Waals surface area contributed by atoms with Gasteiger partial charge in [0.25, 0.3) is 0 Å². The Morgan fingerprint density at radius 1 is 0.933 bits per heavy atom. The number of rotatable bonds is 5. The van der Waals surface area contributed by atoms with Crippen LogP contribution in [-0.4, -0.2) is 11.7 Å². The highest BCUT2D eigenvalue weighted by molar-refractivity contribution is 8.00.